The Bertz CT molecular complexity index is 763. The molecular weight excluding hydrogens is 304 g/mol. The second-order valence-electron chi connectivity index (χ2n) is 7.43. The fourth-order valence-corrected chi connectivity index (χ4v) is 4.31. The van der Waals surface area contributed by atoms with Gasteiger partial charge in [-0.2, -0.15) is 0 Å². The lowest BCUT2D eigenvalue weighted by atomic mass is 9.88. The van der Waals surface area contributed by atoms with Crippen LogP contribution in [0.5, 0.6) is 0 Å². The number of carbonyl (C=O) groups is 1. The molecule has 2 aromatic rings. The number of carbonyl (C=O) groups excluding carboxylic acids is 1. The Labute approximate surface area is 152 Å². The van der Waals surface area contributed by atoms with Crippen molar-refractivity contribution in [3.05, 3.63) is 53.6 Å². The summed E-state index contributed by atoms with van der Waals surface area (Å²) >= 11 is 0. The molecule has 0 aromatic heterocycles. The minimum atomic E-state index is 0.379. The summed E-state index contributed by atoms with van der Waals surface area (Å²) in [6.07, 6.45) is 9.46. The Balaban J connectivity index is 1.85. The minimum absolute atomic E-state index is 0.379. The molecule has 0 aliphatic heterocycles. The quantitative estimate of drug-likeness (QED) is 0.395. The molecule has 25 heavy (non-hydrogen) atoms. The van der Waals surface area contributed by atoms with Gasteiger partial charge in [-0.15, -0.1) is 0 Å². The van der Waals surface area contributed by atoms with E-state index in [0.717, 1.165) is 18.4 Å². The van der Waals surface area contributed by atoms with Crippen LogP contribution in [-0.4, -0.2) is 5.78 Å². The van der Waals surface area contributed by atoms with Crippen LogP contribution in [0.3, 0.4) is 0 Å². The maximum Gasteiger partial charge on any atom is 0.159 e. The third-order valence-electron chi connectivity index (χ3n) is 5.68. The highest BCUT2D eigenvalue weighted by Gasteiger charge is 2.30. The van der Waals surface area contributed by atoms with Crippen molar-refractivity contribution >= 4 is 22.1 Å². The van der Waals surface area contributed by atoms with Crippen LogP contribution in [-0.2, 0) is 4.79 Å². The van der Waals surface area contributed by atoms with Crippen LogP contribution in [0.25, 0.3) is 16.3 Å². The van der Waals surface area contributed by atoms with Gasteiger partial charge in [-0.05, 0) is 47.6 Å². The lowest BCUT2D eigenvalue weighted by molar-refractivity contribution is -0.114. The topological polar surface area (TPSA) is 17.1 Å². The number of fused-ring (bicyclic) bond motifs is 1. The Hall–Kier alpha value is -1.89. The molecule has 0 bridgehead atoms. The molecule has 0 saturated heterocycles. The third-order valence-corrected chi connectivity index (χ3v) is 5.68. The van der Waals surface area contributed by atoms with Crippen LogP contribution in [0.15, 0.2) is 48.0 Å². The van der Waals surface area contributed by atoms with Gasteiger partial charge >= 0.3 is 0 Å². The monoisotopic (exact) mass is 334 g/mol. The van der Waals surface area contributed by atoms with Crippen LogP contribution in [0.2, 0.25) is 0 Å². The van der Waals surface area contributed by atoms with Gasteiger partial charge in [0.2, 0.25) is 0 Å². The molecule has 132 valence electrons. The Morgan fingerprint density at radius 1 is 1.00 bits per heavy atom. The fourth-order valence-electron chi connectivity index (χ4n) is 4.31. The van der Waals surface area contributed by atoms with Gasteiger partial charge in [0.1, 0.15) is 0 Å². The van der Waals surface area contributed by atoms with Crippen LogP contribution in [0, 0.1) is 5.92 Å². The highest BCUT2D eigenvalue weighted by molar-refractivity contribution is 6.07. The van der Waals surface area contributed by atoms with Gasteiger partial charge in [0.15, 0.2) is 5.78 Å². The fraction of sp³-hybridized carbons (Fsp3) is 0.458. The molecule has 1 nitrogen and oxygen atoms in total. The normalized spacial score (nSPS) is 19.6. The summed E-state index contributed by atoms with van der Waals surface area (Å²) in [6.45, 7) is 4.41. The van der Waals surface area contributed by atoms with Gasteiger partial charge in [-0.1, -0.05) is 81.5 Å². The van der Waals surface area contributed by atoms with E-state index in [2.05, 4.69) is 56.3 Å². The molecular formula is C24H30O. The average Bonchev–Trinajstić information content (AvgIpc) is 3.01. The van der Waals surface area contributed by atoms with Crippen LogP contribution in [0.4, 0.5) is 0 Å². The zero-order chi connectivity index (χ0) is 17.6. The summed E-state index contributed by atoms with van der Waals surface area (Å²) in [5.74, 6) is 0.845. The highest BCUT2D eigenvalue weighted by Crippen LogP contribution is 2.38. The number of hydrogen-bond donors (Lipinski definition) is 0. The lowest BCUT2D eigenvalue weighted by Gasteiger charge is -2.16. The van der Waals surface area contributed by atoms with Crippen molar-refractivity contribution in [2.75, 3.05) is 0 Å². The predicted molar refractivity (Wildman–Crippen MR) is 108 cm³/mol. The number of benzene rings is 2. The molecule has 3 rings (SSSR count). The van der Waals surface area contributed by atoms with Crippen molar-refractivity contribution in [2.45, 2.75) is 65.2 Å². The summed E-state index contributed by atoms with van der Waals surface area (Å²) in [5.41, 5.74) is 3.56. The van der Waals surface area contributed by atoms with E-state index in [1.165, 1.54) is 60.4 Å². The first kappa shape index (κ1) is 17.9. The maximum absolute atomic E-state index is 12.6. The first-order valence-electron chi connectivity index (χ1n) is 9.94. The molecule has 1 atom stereocenters. The molecule has 0 amide bonds. The summed E-state index contributed by atoms with van der Waals surface area (Å²) in [7, 11) is 0. The zero-order valence-corrected chi connectivity index (χ0v) is 15.7. The van der Waals surface area contributed by atoms with Gasteiger partial charge in [0.25, 0.3) is 0 Å². The van der Waals surface area contributed by atoms with E-state index < -0.39 is 0 Å². The first-order chi connectivity index (χ1) is 12.2. The van der Waals surface area contributed by atoms with E-state index in [0.29, 0.717) is 11.7 Å². The van der Waals surface area contributed by atoms with Gasteiger partial charge in [-0.3, -0.25) is 4.79 Å². The number of rotatable bonds is 7. The summed E-state index contributed by atoms with van der Waals surface area (Å²) in [4.78, 5) is 12.6. The van der Waals surface area contributed by atoms with Crippen LogP contribution >= 0.6 is 0 Å². The van der Waals surface area contributed by atoms with Crippen LogP contribution < -0.4 is 0 Å². The minimum Gasteiger partial charge on any atom is -0.295 e. The lowest BCUT2D eigenvalue weighted by Crippen LogP contribution is -2.05. The van der Waals surface area contributed by atoms with E-state index >= 15 is 0 Å². The van der Waals surface area contributed by atoms with Crippen molar-refractivity contribution in [3.8, 4) is 0 Å². The van der Waals surface area contributed by atoms with Gasteiger partial charge in [0.05, 0.1) is 0 Å². The summed E-state index contributed by atoms with van der Waals surface area (Å²) < 4.78 is 0. The number of Topliss-reactive ketones (excluding diaryl/α,β-unsaturated/α-hetero) is 1. The number of allylic oxidation sites excluding steroid dienone is 2. The Morgan fingerprint density at radius 2 is 1.76 bits per heavy atom. The Kier molecular flexibility index (Phi) is 6.07. The van der Waals surface area contributed by atoms with E-state index in [1.807, 2.05) is 0 Å². The van der Waals surface area contributed by atoms with Crippen LogP contribution in [0.1, 0.15) is 70.8 Å². The van der Waals surface area contributed by atoms with Crippen molar-refractivity contribution in [1.29, 1.82) is 0 Å². The van der Waals surface area contributed by atoms with Crippen molar-refractivity contribution in [1.82, 2.24) is 0 Å². The smallest absolute Gasteiger partial charge is 0.159 e. The molecule has 0 radical (unpaired) electrons. The predicted octanol–water partition coefficient (Wildman–Crippen LogP) is 6.95. The standard InChI is InChI=1S/C24H30O/c1-3-4-5-6-7-12-20-16-17-23(25)24(20)18(2)21-15-10-13-19-11-8-9-14-22(19)21/h8-11,13-15,20H,3-7,12,16-17H2,1-2H3/b24-18+. The molecule has 0 N–H and O–H groups in total. The number of ketones is 1. The number of hydrogen-bond acceptors (Lipinski definition) is 1. The molecule has 2 aromatic carbocycles. The van der Waals surface area contributed by atoms with Gasteiger partial charge < -0.3 is 0 Å². The maximum atomic E-state index is 12.6. The van der Waals surface area contributed by atoms with Gasteiger partial charge in [0, 0.05) is 12.0 Å². The molecule has 0 heterocycles. The van der Waals surface area contributed by atoms with E-state index in [4.69, 9.17) is 0 Å². The van der Waals surface area contributed by atoms with Crippen molar-refractivity contribution in [3.63, 3.8) is 0 Å². The SMILES string of the molecule is CCCCCCCC1CCC(=O)/C1=C(\C)c1cccc2ccccc12. The number of unbranched alkanes of at least 4 members (excludes halogenated alkanes) is 4. The molecule has 1 heteroatoms. The van der Waals surface area contributed by atoms with E-state index in [-0.39, 0.29) is 0 Å². The summed E-state index contributed by atoms with van der Waals surface area (Å²) in [5, 5.41) is 2.51. The second kappa shape index (κ2) is 8.47. The molecule has 1 unspecified atom stereocenters. The van der Waals surface area contributed by atoms with Gasteiger partial charge in [-0.25, -0.2) is 0 Å². The first-order valence-corrected chi connectivity index (χ1v) is 9.94. The Morgan fingerprint density at radius 3 is 2.60 bits per heavy atom. The largest absolute Gasteiger partial charge is 0.295 e. The molecule has 1 fully saturated rings. The zero-order valence-electron chi connectivity index (χ0n) is 15.7. The van der Waals surface area contributed by atoms with E-state index in [1.54, 1.807) is 0 Å². The molecule has 0 spiro atoms. The average molecular weight is 335 g/mol. The summed E-state index contributed by atoms with van der Waals surface area (Å²) in [6, 6.07) is 14.9. The highest BCUT2D eigenvalue weighted by atomic mass is 16.1. The molecule has 1 aliphatic carbocycles. The van der Waals surface area contributed by atoms with E-state index in [9.17, 15) is 4.79 Å². The third kappa shape index (κ3) is 4.03. The van der Waals surface area contributed by atoms with Crippen molar-refractivity contribution in [2.24, 2.45) is 5.92 Å². The van der Waals surface area contributed by atoms with Crippen molar-refractivity contribution < 1.29 is 4.79 Å². The molecule has 1 saturated carbocycles. The second-order valence-corrected chi connectivity index (χ2v) is 7.43. The molecule has 1 aliphatic rings.